The van der Waals surface area contributed by atoms with Crippen LogP contribution in [0.3, 0.4) is 0 Å². The normalized spacial score (nSPS) is 23.8. The molecule has 9 nitrogen and oxygen atoms in total. The minimum absolute atomic E-state index is 0.0711. The van der Waals surface area contributed by atoms with Crippen LogP contribution in [0.2, 0.25) is 0 Å². The van der Waals surface area contributed by atoms with Gasteiger partial charge in [-0.1, -0.05) is 37.1 Å². The van der Waals surface area contributed by atoms with Crippen LogP contribution in [0.5, 0.6) is 11.5 Å². The number of aromatic carboxylic acids is 1. The number of methoxy groups -OCH3 is 1. The van der Waals surface area contributed by atoms with E-state index in [0.717, 1.165) is 48.9 Å². The molecule has 1 heterocycles. The van der Waals surface area contributed by atoms with Gasteiger partial charge in [0, 0.05) is 18.2 Å². The van der Waals surface area contributed by atoms with Crippen molar-refractivity contribution < 1.29 is 29.0 Å². The number of carboxylic acids is 1. The third-order valence-electron chi connectivity index (χ3n) is 9.19. The molecule has 224 valence electrons. The van der Waals surface area contributed by atoms with Gasteiger partial charge in [0.2, 0.25) is 5.91 Å². The van der Waals surface area contributed by atoms with Crippen LogP contribution in [-0.2, 0) is 11.2 Å². The molecular formula is C34H37N3O6. The zero-order valence-electron chi connectivity index (χ0n) is 24.5. The zero-order valence-corrected chi connectivity index (χ0v) is 24.5. The number of fused-ring (bicyclic) bond motifs is 1. The largest absolute Gasteiger partial charge is 0.495 e. The summed E-state index contributed by atoms with van der Waals surface area (Å²) < 4.78 is 11.9. The van der Waals surface area contributed by atoms with Crippen molar-refractivity contribution >= 4 is 29.3 Å². The maximum atomic E-state index is 14.0. The van der Waals surface area contributed by atoms with E-state index in [1.165, 1.54) is 6.42 Å². The molecule has 3 amide bonds. The Kier molecular flexibility index (Phi) is 7.73. The number of likely N-dealkylation sites (tertiary alicyclic amines) is 1. The fourth-order valence-corrected chi connectivity index (χ4v) is 7.00. The smallest absolute Gasteiger partial charge is 0.335 e. The molecule has 1 aliphatic heterocycles. The van der Waals surface area contributed by atoms with E-state index in [1.54, 1.807) is 37.4 Å². The van der Waals surface area contributed by atoms with Gasteiger partial charge in [-0.05, 0) is 85.7 Å². The van der Waals surface area contributed by atoms with Gasteiger partial charge in [0.05, 0.1) is 30.3 Å². The average Bonchev–Trinajstić information content (AvgIpc) is 3.54. The quantitative estimate of drug-likeness (QED) is 0.288. The summed E-state index contributed by atoms with van der Waals surface area (Å²) in [6.07, 6.45) is 6.22. The summed E-state index contributed by atoms with van der Waals surface area (Å²) in [5.74, 6) is 0.662. The molecular weight excluding hydrogens is 546 g/mol. The number of carbonyl (C=O) groups excluding carboxylic acids is 2. The Balaban J connectivity index is 1.16. The summed E-state index contributed by atoms with van der Waals surface area (Å²) in [6.45, 7) is 1.93. The second-order valence-electron chi connectivity index (χ2n) is 11.9. The van der Waals surface area contributed by atoms with Crippen molar-refractivity contribution in [2.45, 2.75) is 69.6 Å². The minimum Gasteiger partial charge on any atom is -0.495 e. The fraction of sp³-hybridized carbons (Fsp3) is 0.382. The Morgan fingerprint density at radius 3 is 2.44 bits per heavy atom. The molecule has 4 atom stereocenters. The number of ether oxygens (including phenoxy) is 2. The minimum atomic E-state index is -0.975. The Morgan fingerprint density at radius 1 is 0.953 bits per heavy atom. The molecule has 3 unspecified atom stereocenters. The number of carbonyl (C=O) groups is 3. The number of para-hydroxylation sites is 1. The topological polar surface area (TPSA) is 117 Å². The van der Waals surface area contributed by atoms with E-state index < -0.39 is 5.97 Å². The highest BCUT2D eigenvalue weighted by Crippen LogP contribution is 2.58. The SMILES string of the molecule is COc1cc(CC(=O)N2C3CCCCC3CC23C[C@@H]3Oc2ccc(C(=O)O)cc2)ccc1NC(=O)Nc1ccccc1C. The fourth-order valence-electron chi connectivity index (χ4n) is 7.00. The number of urea groups is 1. The lowest BCUT2D eigenvalue weighted by atomic mass is 9.84. The maximum Gasteiger partial charge on any atom is 0.335 e. The molecule has 9 heteroatoms. The molecule has 3 fully saturated rings. The van der Waals surface area contributed by atoms with Crippen LogP contribution in [0.4, 0.5) is 16.2 Å². The number of hydrogen-bond donors (Lipinski definition) is 3. The molecule has 43 heavy (non-hydrogen) atoms. The summed E-state index contributed by atoms with van der Waals surface area (Å²) in [5, 5.41) is 14.9. The molecule has 1 saturated heterocycles. The van der Waals surface area contributed by atoms with E-state index in [0.29, 0.717) is 23.1 Å². The van der Waals surface area contributed by atoms with Gasteiger partial charge in [-0.3, -0.25) is 4.79 Å². The number of benzene rings is 3. The summed E-state index contributed by atoms with van der Waals surface area (Å²) in [4.78, 5) is 40.1. The van der Waals surface area contributed by atoms with Crippen molar-refractivity contribution in [3.05, 3.63) is 83.4 Å². The highest BCUT2D eigenvalue weighted by Gasteiger charge is 2.68. The standard InChI is InChI=1S/C34H37N3O6/c1-21-7-3-5-9-26(21)35-33(41)36-27-16-11-22(17-29(27)42-2)18-31(38)37-28-10-6-4-8-24(28)19-34(37)20-30(34)43-25-14-12-23(13-15-25)32(39)40/h3,5,7,9,11-17,24,28,30H,4,6,8,10,18-20H2,1-2H3,(H,39,40)(H2,35,36,41)/t24?,28?,30-,34?/m0/s1. The number of anilines is 2. The van der Waals surface area contributed by atoms with Crippen molar-refractivity contribution in [3.63, 3.8) is 0 Å². The lowest BCUT2D eigenvalue weighted by Crippen LogP contribution is -2.47. The molecule has 1 spiro atoms. The first-order valence-corrected chi connectivity index (χ1v) is 14.9. The molecule has 3 N–H and O–H groups in total. The zero-order chi connectivity index (χ0) is 30.1. The second kappa shape index (κ2) is 11.6. The first-order chi connectivity index (χ1) is 20.8. The second-order valence-corrected chi connectivity index (χ2v) is 11.9. The third kappa shape index (κ3) is 5.76. The summed E-state index contributed by atoms with van der Waals surface area (Å²) in [5.41, 5.74) is 2.88. The van der Waals surface area contributed by atoms with Crippen molar-refractivity contribution in [1.29, 1.82) is 0 Å². The van der Waals surface area contributed by atoms with Crippen molar-refractivity contribution in [2.24, 2.45) is 5.92 Å². The van der Waals surface area contributed by atoms with Crippen LogP contribution in [0, 0.1) is 12.8 Å². The van der Waals surface area contributed by atoms with Crippen LogP contribution in [0.15, 0.2) is 66.7 Å². The molecule has 3 aromatic rings. The van der Waals surface area contributed by atoms with Crippen molar-refractivity contribution in [2.75, 3.05) is 17.7 Å². The van der Waals surface area contributed by atoms with Gasteiger partial charge in [0.15, 0.2) is 0 Å². The highest BCUT2D eigenvalue weighted by molar-refractivity contribution is 6.01. The van der Waals surface area contributed by atoms with Crippen LogP contribution in [0.25, 0.3) is 0 Å². The molecule has 0 aromatic heterocycles. The first-order valence-electron chi connectivity index (χ1n) is 14.9. The van der Waals surface area contributed by atoms with Gasteiger partial charge in [-0.2, -0.15) is 0 Å². The van der Waals surface area contributed by atoms with E-state index >= 15 is 0 Å². The number of rotatable bonds is 8. The van der Waals surface area contributed by atoms with Crippen LogP contribution in [0.1, 0.15) is 60.0 Å². The van der Waals surface area contributed by atoms with Crippen LogP contribution in [-0.4, -0.2) is 52.7 Å². The third-order valence-corrected chi connectivity index (χ3v) is 9.19. The number of nitrogens with one attached hydrogen (secondary N) is 2. The summed E-state index contributed by atoms with van der Waals surface area (Å²) in [7, 11) is 1.54. The van der Waals surface area contributed by atoms with E-state index in [2.05, 4.69) is 15.5 Å². The number of hydrogen-bond acceptors (Lipinski definition) is 5. The van der Waals surface area contributed by atoms with Gasteiger partial charge in [0.25, 0.3) is 0 Å². The first kappa shape index (κ1) is 28.6. The Labute approximate surface area is 251 Å². The van der Waals surface area contributed by atoms with Gasteiger partial charge in [-0.25, -0.2) is 9.59 Å². The highest BCUT2D eigenvalue weighted by atomic mass is 16.5. The predicted octanol–water partition coefficient (Wildman–Crippen LogP) is 6.27. The lowest BCUT2D eigenvalue weighted by molar-refractivity contribution is -0.135. The van der Waals surface area contributed by atoms with Crippen LogP contribution < -0.4 is 20.1 Å². The number of aryl methyl sites for hydroxylation is 1. The lowest BCUT2D eigenvalue weighted by Gasteiger charge is -2.34. The molecule has 2 saturated carbocycles. The molecule has 2 aliphatic carbocycles. The van der Waals surface area contributed by atoms with Gasteiger partial charge >= 0.3 is 12.0 Å². The van der Waals surface area contributed by atoms with Gasteiger partial charge in [0.1, 0.15) is 17.6 Å². The summed E-state index contributed by atoms with van der Waals surface area (Å²) in [6, 6.07) is 19.3. The number of carboxylic acid groups (broad SMARTS) is 1. The van der Waals surface area contributed by atoms with E-state index in [1.807, 2.05) is 43.3 Å². The molecule has 0 radical (unpaired) electrons. The Morgan fingerprint density at radius 2 is 1.70 bits per heavy atom. The Hall–Kier alpha value is -4.53. The maximum absolute atomic E-state index is 14.0. The molecule has 3 aromatic carbocycles. The monoisotopic (exact) mass is 583 g/mol. The van der Waals surface area contributed by atoms with E-state index in [-0.39, 0.29) is 41.6 Å². The van der Waals surface area contributed by atoms with Crippen LogP contribution >= 0.6 is 0 Å². The Bertz CT molecular complexity index is 1540. The van der Waals surface area contributed by atoms with E-state index in [9.17, 15) is 19.5 Å². The van der Waals surface area contributed by atoms with Crippen molar-refractivity contribution in [3.8, 4) is 11.5 Å². The molecule has 6 rings (SSSR count). The van der Waals surface area contributed by atoms with Gasteiger partial charge < -0.3 is 30.1 Å². The average molecular weight is 584 g/mol. The predicted molar refractivity (Wildman–Crippen MR) is 163 cm³/mol. The number of nitrogens with zero attached hydrogens (tertiary/aromatic N) is 1. The van der Waals surface area contributed by atoms with Gasteiger partial charge in [-0.15, -0.1) is 0 Å². The van der Waals surface area contributed by atoms with Crippen molar-refractivity contribution in [1.82, 2.24) is 4.90 Å². The van der Waals surface area contributed by atoms with E-state index in [4.69, 9.17) is 9.47 Å². The molecule has 3 aliphatic rings. The molecule has 0 bridgehead atoms. The number of amides is 3. The summed E-state index contributed by atoms with van der Waals surface area (Å²) >= 11 is 0.